The molecule has 0 heterocycles. The second-order valence-corrected chi connectivity index (χ2v) is 6.40. The van der Waals surface area contributed by atoms with E-state index < -0.39 is 18.3 Å². The van der Waals surface area contributed by atoms with Crippen molar-refractivity contribution in [2.24, 2.45) is 0 Å². The average molecular weight is 329 g/mol. The average Bonchev–Trinajstić information content (AvgIpc) is 2.35. The lowest BCUT2D eigenvalue weighted by Crippen LogP contribution is -2.50. The SMILES string of the molecule is CC(C)(C)OC(=O)NC1CC(Oc2ccc(OC(F)F)cc2)C1. The molecule has 5 nitrogen and oxygen atoms in total. The van der Waals surface area contributed by atoms with Crippen LogP contribution < -0.4 is 14.8 Å². The van der Waals surface area contributed by atoms with E-state index in [1.807, 2.05) is 0 Å². The van der Waals surface area contributed by atoms with Crippen LogP contribution in [0.4, 0.5) is 13.6 Å². The number of hydrogen-bond acceptors (Lipinski definition) is 4. The van der Waals surface area contributed by atoms with Crippen molar-refractivity contribution < 1.29 is 27.8 Å². The molecule has 1 fully saturated rings. The quantitative estimate of drug-likeness (QED) is 0.894. The van der Waals surface area contributed by atoms with Crippen LogP contribution in [0.3, 0.4) is 0 Å². The minimum atomic E-state index is -2.84. The van der Waals surface area contributed by atoms with Gasteiger partial charge in [0.2, 0.25) is 0 Å². The highest BCUT2D eigenvalue weighted by atomic mass is 19.3. The Morgan fingerprint density at radius 1 is 1.17 bits per heavy atom. The van der Waals surface area contributed by atoms with Crippen molar-refractivity contribution in [2.75, 3.05) is 0 Å². The van der Waals surface area contributed by atoms with Gasteiger partial charge in [0.1, 0.15) is 23.2 Å². The van der Waals surface area contributed by atoms with Gasteiger partial charge in [-0.1, -0.05) is 0 Å². The normalized spacial score (nSPS) is 20.6. The lowest BCUT2D eigenvalue weighted by molar-refractivity contribution is -0.0499. The first-order chi connectivity index (χ1) is 10.7. The molecule has 0 bridgehead atoms. The molecule has 2 rings (SSSR count). The minimum absolute atomic E-state index is 0.0168. The van der Waals surface area contributed by atoms with Crippen LogP contribution in [0.1, 0.15) is 33.6 Å². The summed E-state index contributed by atoms with van der Waals surface area (Å²) >= 11 is 0. The monoisotopic (exact) mass is 329 g/mol. The Bertz CT molecular complexity index is 522. The first-order valence-electron chi connectivity index (χ1n) is 7.42. The van der Waals surface area contributed by atoms with E-state index in [0.29, 0.717) is 18.6 Å². The van der Waals surface area contributed by atoms with E-state index >= 15 is 0 Å². The molecule has 1 N–H and O–H groups in total. The lowest BCUT2D eigenvalue weighted by atomic mass is 9.89. The molecule has 1 saturated carbocycles. The van der Waals surface area contributed by atoms with E-state index in [1.165, 1.54) is 12.1 Å². The first-order valence-corrected chi connectivity index (χ1v) is 7.42. The van der Waals surface area contributed by atoms with Gasteiger partial charge in [-0.15, -0.1) is 0 Å². The molecule has 0 spiro atoms. The molecule has 1 aromatic carbocycles. The first kappa shape index (κ1) is 17.3. The van der Waals surface area contributed by atoms with Crippen molar-refractivity contribution in [1.29, 1.82) is 0 Å². The number of carbonyl (C=O) groups excluding carboxylic acids is 1. The zero-order chi connectivity index (χ0) is 17.0. The van der Waals surface area contributed by atoms with Gasteiger partial charge in [0.25, 0.3) is 0 Å². The van der Waals surface area contributed by atoms with E-state index in [0.717, 1.165) is 0 Å². The molecule has 128 valence electrons. The molecule has 1 aromatic rings. The largest absolute Gasteiger partial charge is 0.490 e. The van der Waals surface area contributed by atoms with Crippen LogP contribution in [0.5, 0.6) is 11.5 Å². The summed E-state index contributed by atoms with van der Waals surface area (Å²) in [6.07, 6.45) is 0.898. The van der Waals surface area contributed by atoms with Crippen molar-refractivity contribution in [3.8, 4) is 11.5 Å². The molecule has 0 unspecified atom stereocenters. The van der Waals surface area contributed by atoms with Gasteiger partial charge < -0.3 is 19.5 Å². The summed E-state index contributed by atoms with van der Waals surface area (Å²) in [6.45, 7) is 2.58. The van der Waals surface area contributed by atoms with Gasteiger partial charge in [0.05, 0.1) is 0 Å². The zero-order valence-electron chi connectivity index (χ0n) is 13.3. The third kappa shape index (κ3) is 5.92. The highest BCUT2D eigenvalue weighted by Gasteiger charge is 2.33. The van der Waals surface area contributed by atoms with Crippen molar-refractivity contribution in [3.63, 3.8) is 0 Å². The third-order valence-electron chi connectivity index (χ3n) is 3.17. The van der Waals surface area contributed by atoms with Crippen LogP contribution >= 0.6 is 0 Å². The van der Waals surface area contributed by atoms with Crippen LogP contribution in [0.2, 0.25) is 0 Å². The number of nitrogens with one attached hydrogen (secondary N) is 1. The molecule has 1 aliphatic carbocycles. The fourth-order valence-corrected chi connectivity index (χ4v) is 2.15. The van der Waals surface area contributed by atoms with Gasteiger partial charge >= 0.3 is 12.7 Å². The van der Waals surface area contributed by atoms with Gasteiger partial charge in [-0.2, -0.15) is 8.78 Å². The van der Waals surface area contributed by atoms with Crippen molar-refractivity contribution in [1.82, 2.24) is 5.32 Å². The van der Waals surface area contributed by atoms with Crippen LogP contribution in [0, 0.1) is 0 Å². The predicted octanol–water partition coefficient (Wildman–Crippen LogP) is 3.72. The second kappa shape index (κ2) is 7.02. The number of amides is 1. The Kier molecular flexibility index (Phi) is 5.28. The molecule has 1 aliphatic rings. The summed E-state index contributed by atoms with van der Waals surface area (Å²) in [7, 11) is 0. The lowest BCUT2D eigenvalue weighted by Gasteiger charge is -2.36. The van der Waals surface area contributed by atoms with Crippen LogP contribution in [0.15, 0.2) is 24.3 Å². The summed E-state index contributed by atoms with van der Waals surface area (Å²) < 4.78 is 39.2. The van der Waals surface area contributed by atoms with Crippen molar-refractivity contribution >= 4 is 6.09 Å². The molecule has 1 amide bonds. The summed E-state index contributed by atoms with van der Waals surface area (Å²) in [4.78, 5) is 11.6. The number of ether oxygens (including phenoxy) is 3. The molecule has 0 saturated heterocycles. The zero-order valence-corrected chi connectivity index (χ0v) is 13.3. The summed E-state index contributed by atoms with van der Waals surface area (Å²) in [5.41, 5.74) is -0.522. The van der Waals surface area contributed by atoms with Crippen molar-refractivity contribution in [3.05, 3.63) is 24.3 Å². The van der Waals surface area contributed by atoms with Gasteiger partial charge in [-0.25, -0.2) is 4.79 Å². The van der Waals surface area contributed by atoms with E-state index in [2.05, 4.69) is 10.1 Å². The van der Waals surface area contributed by atoms with E-state index in [4.69, 9.17) is 9.47 Å². The summed E-state index contributed by atoms with van der Waals surface area (Å²) in [5.74, 6) is 0.665. The van der Waals surface area contributed by atoms with Crippen LogP contribution in [-0.2, 0) is 4.74 Å². The van der Waals surface area contributed by atoms with Gasteiger partial charge in [-0.05, 0) is 45.0 Å². The smallest absolute Gasteiger partial charge is 0.407 e. The maximum absolute atomic E-state index is 12.0. The molecular formula is C16H21F2NO4. The number of halogens is 2. The fourth-order valence-electron chi connectivity index (χ4n) is 2.15. The van der Waals surface area contributed by atoms with Gasteiger partial charge in [-0.3, -0.25) is 0 Å². The molecular weight excluding hydrogens is 308 g/mol. The fraction of sp³-hybridized carbons (Fsp3) is 0.562. The Balaban J connectivity index is 1.70. The minimum Gasteiger partial charge on any atom is -0.490 e. The van der Waals surface area contributed by atoms with Gasteiger partial charge in [0.15, 0.2) is 0 Å². The number of benzene rings is 1. The number of rotatable bonds is 5. The Morgan fingerprint density at radius 3 is 2.26 bits per heavy atom. The Morgan fingerprint density at radius 2 is 1.74 bits per heavy atom. The van der Waals surface area contributed by atoms with Crippen molar-refractivity contribution in [2.45, 2.75) is 58.0 Å². The molecule has 0 aromatic heterocycles. The van der Waals surface area contributed by atoms with Crippen LogP contribution in [-0.4, -0.2) is 30.5 Å². The molecule has 0 radical (unpaired) electrons. The highest BCUT2D eigenvalue weighted by molar-refractivity contribution is 5.68. The molecule has 23 heavy (non-hydrogen) atoms. The van der Waals surface area contributed by atoms with E-state index in [1.54, 1.807) is 32.9 Å². The van der Waals surface area contributed by atoms with Crippen LogP contribution in [0.25, 0.3) is 0 Å². The number of carbonyl (C=O) groups is 1. The summed E-state index contributed by atoms with van der Waals surface area (Å²) in [6, 6.07) is 6.03. The molecule has 0 atom stereocenters. The number of alkyl halides is 2. The molecule has 7 heteroatoms. The number of alkyl carbamates (subject to hydrolysis) is 1. The Hall–Kier alpha value is -2.05. The summed E-state index contributed by atoms with van der Waals surface area (Å²) in [5, 5.41) is 2.77. The Labute approximate surface area is 133 Å². The van der Waals surface area contributed by atoms with Gasteiger partial charge in [0, 0.05) is 18.9 Å². The van der Waals surface area contributed by atoms with E-state index in [9.17, 15) is 13.6 Å². The second-order valence-electron chi connectivity index (χ2n) is 6.40. The van der Waals surface area contributed by atoms with E-state index in [-0.39, 0.29) is 17.9 Å². The third-order valence-corrected chi connectivity index (χ3v) is 3.17. The highest BCUT2D eigenvalue weighted by Crippen LogP contribution is 2.27. The predicted molar refractivity (Wildman–Crippen MR) is 79.9 cm³/mol. The maximum Gasteiger partial charge on any atom is 0.407 e. The topological polar surface area (TPSA) is 56.8 Å². The standard InChI is InChI=1S/C16H21F2NO4/c1-16(2,3)23-15(20)19-10-8-13(9-10)21-11-4-6-12(7-5-11)22-14(17)18/h4-7,10,13-14H,8-9H2,1-3H3,(H,19,20). The molecule has 0 aliphatic heterocycles. The number of hydrogen-bond donors (Lipinski definition) is 1. The maximum atomic E-state index is 12.0.